The van der Waals surface area contributed by atoms with Crippen LogP contribution in [0.1, 0.15) is 17.2 Å². The summed E-state index contributed by atoms with van der Waals surface area (Å²) in [6, 6.07) is 7.45. The lowest BCUT2D eigenvalue weighted by Crippen LogP contribution is -2.39. The number of ether oxygens (including phenoxy) is 1. The first kappa shape index (κ1) is 17.4. The first-order valence-electron chi connectivity index (χ1n) is 8.40. The Labute approximate surface area is 152 Å². The maximum Gasteiger partial charge on any atom is 0.434 e. The zero-order valence-corrected chi connectivity index (χ0v) is 14.5. The van der Waals surface area contributed by atoms with Crippen LogP contribution in [0.4, 0.5) is 13.2 Å². The second-order valence-corrected chi connectivity index (χ2v) is 6.47. The summed E-state index contributed by atoms with van der Waals surface area (Å²) in [6.45, 7) is 0.727. The fraction of sp³-hybridized carbons (Fsp3) is 0.333. The molecule has 0 aliphatic carbocycles. The van der Waals surface area contributed by atoms with E-state index in [2.05, 4.69) is 9.97 Å². The number of nitrogens with one attached hydrogen (secondary N) is 1. The van der Waals surface area contributed by atoms with E-state index in [9.17, 15) is 18.0 Å². The molecule has 1 N–H and O–H groups in total. The average molecular weight is 378 g/mol. The Bertz CT molecular complexity index is 1010. The summed E-state index contributed by atoms with van der Waals surface area (Å²) < 4.78 is 45.1. The van der Waals surface area contributed by atoms with E-state index in [0.29, 0.717) is 13.1 Å². The normalized spacial score (nSPS) is 14.4. The summed E-state index contributed by atoms with van der Waals surface area (Å²) in [5, 5.41) is 0.932. The highest BCUT2D eigenvalue weighted by Gasteiger charge is 2.36. The molecule has 0 fully saturated rings. The predicted octanol–water partition coefficient (Wildman–Crippen LogP) is 2.98. The number of methoxy groups -OCH3 is 1. The average Bonchev–Trinajstić information content (AvgIpc) is 3.23. The molecule has 0 atom stereocenters. The molecule has 0 bridgehead atoms. The van der Waals surface area contributed by atoms with E-state index in [1.54, 1.807) is 7.11 Å². The summed E-state index contributed by atoms with van der Waals surface area (Å²) in [7, 11) is 1.59. The minimum Gasteiger partial charge on any atom is -0.497 e. The molecule has 4 rings (SSSR count). The highest BCUT2D eigenvalue weighted by Crippen LogP contribution is 2.29. The SMILES string of the molecule is COc1ccc2[nH]c(CC(=O)N3CCn4cc(C(F)(F)F)nc4C3)cc2c1. The number of rotatable bonds is 3. The van der Waals surface area contributed by atoms with Crippen LogP contribution in [0.15, 0.2) is 30.5 Å². The Balaban J connectivity index is 1.48. The number of alkyl halides is 3. The molecule has 3 aromatic rings. The topological polar surface area (TPSA) is 63.2 Å². The standard InChI is InChI=1S/C18H17F3N4O2/c1-27-13-2-3-14-11(7-13)6-12(22-14)8-17(26)25-5-4-24-9-15(18(19,20)21)23-16(24)10-25/h2-3,6-7,9,22H,4-5,8,10H2,1H3. The number of nitrogens with zero attached hydrogens (tertiary/aromatic N) is 3. The Hall–Kier alpha value is -2.97. The van der Waals surface area contributed by atoms with Crippen molar-refractivity contribution >= 4 is 16.8 Å². The van der Waals surface area contributed by atoms with Crippen LogP contribution in [0.25, 0.3) is 10.9 Å². The van der Waals surface area contributed by atoms with Gasteiger partial charge in [0.2, 0.25) is 5.91 Å². The Morgan fingerprint density at radius 2 is 2.11 bits per heavy atom. The number of aromatic amines is 1. The minimum absolute atomic E-state index is 0.0724. The van der Waals surface area contributed by atoms with Crippen LogP contribution in [0.3, 0.4) is 0 Å². The van der Waals surface area contributed by atoms with Crippen LogP contribution < -0.4 is 4.74 Å². The third-order valence-corrected chi connectivity index (χ3v) is 4.67. The van der Waals surface area contributed by atoms with E-state index in [-0.39, 0.29) is 24.7 Å². The van der Waals surface area contributed by atoms with Gasteiger partial charge < -0.3 is 19.2 Å². The van der Waals surface area contributed by atoms with Crippen LogP contribution in [0.5, 0.6) is 5.75 Å². The number of H-pyrrole nitrogens is 1. The lowest BCUT2D eigenvalue weighted by atomic mass is 10.2. The number of benzene rings is 1. The maximum absolute atomic E-state index is 12.8. The quantitative estimate of drug-likeness (QED) is 0.762. The van der Waals surface area contributed by atoms with Crippen molar-refractivity contribution in [3.05, 3.63) is 47.7 Å². The van der Waals surface area contributed by atoms with Gasteiger partial charge in [0.15, 0.2) is 5.69 Å². The van der Waals surface area contributed by atoms with Crippen molar-refractivity contribution in [3.63, 3.8) is 0 Å². The van der Waals surface area contributed by atoms with E-state index in [4.69, 9.17) is 4.74 Å². The van der Waals surface area contributed by atoms with Gasteiger partial charge in [0.25, 0.3) is 0 Å². The van der Waals surface area contributed by atoms with Gasteiger partial charge in [-0.25, -0.2) is 4.98 Å². The maximum atomic E-state index is 12.8. The number of hydrogen-bond donors (Lipinski definition) is 1. The van der Waals surface area contributed by atoms with Gasteiger partial charge in [-0.1, -0.05) is 0 Å². The van der Waals surface area contributed by atoms with Gasteiger partial charge in [-0.3, -0.25) is 4.79 Å². The third-order valence-electron chi connectivity index (χ3n) is 4.67. The van der Waals surface area contributed by atoms with E-state index in [1.807, 2.05) is 24.3 Å². The molecule has 142 valence electrons. The number of amides is 1. The number of carbonyl (C=O) groups is 1. The van der Waals surface area contributed by atoms with Gasteiger partial charge in [-0.05, 0) is 24.3 Å². The molecule has 0 spiro atoms. The largest absolute Gasteiger partial charge is 0.497 e. The molecule has 1 aliphatic heterocycles. The molecule has 0 unspecified atom stereocenters. The van der Waals surface area contributed by atoms with Crippen molar-refractivity contribution in [2.24, 2.45) is 0 Å². The van der Waals surface area contributed by atoms with Crippen molar-refractivity contribution in [1.82, 2.24) is 19.4 Å². The molecular formula is C18H17F3N4O2. The lowest BCUT2D eigenvalue weighted by Gasteiger charge is -2.27. The van der Waals surface area contributed by atoms with E-state index in [0.717, 1.165) is 28.5 Å². The van der Waals surface area contributed by atoms with E-state index >= 15 is 0 Å². The van der Waals surface area contributed by atoms with Crippen molar-refractivity contribution in [1.29, 1.82) is 0 Å². The Morgan fingerprint density at radius 1 is 1.30 bits per heavy atom. The van der Waals surface area contributed by atoms with Crippen LogP contribution in [0, 0.1) is 0 Å². The molecule has 0 radical (unpaired) electrons. The molecule has 0 saturated heterocycles. The molecule has 1 amide bonds. The monoisotopic (exact) mass is 378 g/mol. The molecule has 6 nitrogen and oxygen atoms in total. The first-order valence-corrected chi connectivity index (χ1v) is 8.40. The second-order valence-electron chi connectivity index (χ2n) is 6.47. The van der Waals surface area contributed by atoms with Crippen LogP contribution in [-0.2, 0) is 30.5 Å². The fourth-order valence-corrected chi connectivity index (χ4v) is 3.27. The highest BCUT2D eigenvalue weighted by atomic mass is 19.4. The van der Waals surface area contributed by atoms with Crippen molar-refractivity contribution in [3.8, 4) is 5.75 Å². The third kappa shape index (κ3) is 3.36. The summed E-state index contributed by atoms with van der Waals surface area (Å²) in [5.74, 6) is 0.822. The number of imidazole rings is 1. The second kappa shape index (κ2) is 6.33. The number of fused-ring (bicyclic) bond motifs is 2. The minimum atomic E-state index is -4.48. The Kier molecular flexibility index (Phi) is 4.09. The summed E-state index contributed by atoms with van der Waals surface area (Å²) in [6.07, 6.45) is -3.34. The number of carbonyl (C=O) groups excluding carboxylic acids is 1. The highest BCUT2D eigenvalue weighted by molar-refractivity contribution is 5.85. The van der Waals surface area contributed by atoms with Gasteiger partial charge in [-0.2, -0.15) is 13.2 Å². The van der Waals surface area contributed by atoms with Crippen molar-refractivity contribution in [2.45, 2.75) is 25.7 Å². The van der Waals surface area contributed by atoms with Crippen LogP contribution in [0.2, 0.25) is 0 Å². The molecule has 3 heterocycles. The molecular weight excluding hydrogens is 361 g/mol. The van der Waals surface area contributed by atoms with Crippen molar-refractivity contribution < 1.29 is 22.7 Å². The fourth-order valence-electron chi connectivity index (χ4n) is 3.27. The smallest absolute Gasteiger partial charge is 0.434 e. The lowest BCUT2D eigenvalue weighted by molar-refractivity contribution is -0.141. The molecule has 9 heteroatoms. The zero-order chi connectivity index (χ0) is 19.2. The molecule has 1 aliphatic rings. The predicted molar refractivity (Wildman–Crippen MR) is 91.2 cm³/mol. The van der Waals surface area contributed by atoms with Gasteiger partial charge >= 0.3 is 6.18 Å². The van der Waals surface area contributed by atoms with Crippen LogP contribution in [-0.4, -0.2) is 39.0 Å². The van der Waals surface area contributed by atoms with Gasteiger partial charge in [-0.15, -0.1) is 0 Å². The van der Waals surface area contributed by atoms with E-state index in [1.165, 1.54) is 9.47 Å². The molecule has 0 saturated carbocycles. The van der Waals surface area contributed by atoms with Gasteiger partial charge in [0.05, 0.1) is 20.1 Å². The van der Waals surface area contributed by atoms with Gasteiger partial charge in [0, 0.05) is 35.9 Å². The summed E-state index contributed by atoms with van der Waals surface area (Å²) in [5.41, 5.74) is 0.715. The number of halogens is 3. The molecule has 2 aromatic heterocycles. The van der Waals surface area contributed by atoms with Gasteiger partial charge in [0.1, 0.15) is 11.6 Å². The number of hydrogen-bond acceptors (Lipinski definition) is 3. The van der Waals surface area contributed by atoms with Crippen molar-refractivity contribution in [2.75, 3.05) is 13.7 Å². The molecule has 1 aromatic carbocycles. The first-order chi connectivity index (χ1) is 12.8. The summed E-state index contributed by atoms with van der Waals surface area (Å²) >= 11 is 0. The van der Waals surface area contributed by atoms with E-state index < -0.39 is 11.9 Å². The number of aromatic nitrogens is 3. The molecule has 27 heavy (non-hydrogen) atoms. The van der Waals surface area contributed by atoms with Crippen LogP contribution >= 0.6 is 0 Å². The summed E-state index contributed by atoms with van der Waals surface area (Å²) in [4.78, 5) is 21.0. The zero-order valence-electron chi connectivity index (χ0n) is 14.5. The Morgan fingerprint density at radius 3 is 2.85 bits per heavy atom.